The van der Waals surface area contributed by atoms with Crippen molar-refractivity contribution in [3.8, 4) is 0 Å². The first-order valence-corrected chi connectivity index (χ1v) is 6.34. The molecule has 0 bridgehead atoms. The highest BCUT2D eigenvalue weighted by Crippen LogP contribution is 2.20. The summed E-state index contributed by atoms with van der Waals surface area (Å²) in [4.78, 5) is 13.9. The number of carbonyl (C=O) groups is 1. The van der Waals surface area contributed by atoms with E-state index in [1.165, 1.54) is 11.1 Å². The van der Waals surface area contributed by atoms with Crippen molar-refractivity contribution in [2.75, 3.05) is 13.6 Å². The van der Waals surface area contributed by atoms with Crippen LogP contribution in [0.5, 0.6) is 0 Å². The van der Waals surface area contributed by atoms with Gasteiger partial charge in [-0.05, 0) is 30.0 Å². The molecule has 1 rings (SSSR count). The molecule has 0 heterocycles. The molecule has 2 N–H and O–H groups in total. The van der Waals surface area contributed by atoms with Crippen LogP contribution in [-0.2, 0) is 11.3 Å². The normalized spacial score (nSPS) is 11.4. The van der Waals surface area contributed by atoms with E-state index in [9.17, 15) is 4.79 Å². The summed E-state index contributed by atoms with van der Waals surface area (Å²) in [6.45, 7) is 7.29. The molecule has 1 amide bonds. The van der Waals surface area contributed by atoms with E-state index in [1.54, 1.807) is 4.90 Å². The average Bonchev–Trinajstić information content (AvgIpc) is 2.31. The highest BCUT2D eigenvalue weighted by atomic mass is 16.2. The Morgan fingerprint density at radius 2 is 1.94 bits per heavy atom. The van der Waals surface area contributed by atoms with E-state index in [0.29, 0.717) is 19.5 Å². The van der Waals surface area contributed by atoms with Crippen LogP contribution in [0.25, 0.3) is 0 Å². The van der Waals surface area contributed by atoms with Gasteiger partial charge in [0, 0.05) is 20.0 Å². The molecular formula is C15H24N2O. The molecule has 0 spiro atoms. The van der Waals surface area contributed by atoms with Gasteiger partial charge in [0.15, 0.2) is 0 Å². The highest BCUT2D eigenvalue weighted by molar-refractivity contribution is 5.76. The van der Waals surface area contributed by atoms with Crippen LogP contribution in [0.1, 0.15) is 31.4 Å². The maximum Gasteiger partial charge on any atom is 0.223 e. The van der Waals surface area contributed by atoms with E-state index in [-0.39, 0.29) is 11.3 Å². The lowest BCUT2D eigenvalue weighted by molar-refractivity contribution is -0.132. The van der Waals surface area contributed by atoms with Crippen LogP contribution in [-0.4, -0.2) is 24.4 Å². The van der Waals surface area contributed by atoms with Crippen LogP contribution in [0.15, 0.2) is 24.3 Å². The van der Waals surface area contributed by atoms with Gasteiger partial charge in [-0.1, -0.05) is 38.1 Å². The van der Waals surface area contributed by atoms with Gasteiger partial charge in [0.25, 0.3) is 0 Å². The Morgan fingerprint density at radius 1 is 1.33 bits per heavy atom. The van der Waals surface area contributed by atoms with Gasteiger partial charge in [-0.25, -0.2) is 0 Å². The molecule has 0 aromatic heterocycles. The van der Waals surface area contributed by atoms with Crippen molar-refractivity contribution in [3.05, 3.63) is 35.4 Å². The Labute approximate surface area is 110 Å². The molecule has 100 valence electrons. The standard InChI is InChI=1S/C15H24N2O/c1-12-7-5-6-8-13(12)10-17(4)14(18)9-15(2,3)11-16/h5-8H,9-11,16H2,1-4H3. The number of carbonyl (C=O) groups excluding carboxylic acids is 1. The van der Waals surface area contributed by atoms with Crippen molar-refractivity contribution in [1.29, 1.82) is 0 Å². The maximum absolute atomic E-state index is 12.1. The van der Waals surface area contributed by atoms with Crippen molar-refractivity contribution >= 4 is 5.91 Å². The molecule has 0 saturated carbocycles. The van der Waals surface area contributed by atoms with Crippen molar-refractivity contribution in [3.63, 3.8) is 0 Å². The van der Waals surface area contributed by atoms with Gasteiger partial charge in [-0.15, -0.1) is 0 Å². The van der Waals surface area contributed by atoms with E-state index in [1.807, 2.05) is 33.0 Å². The van der Waals surface area contributed by atoms with Crippen molar-refractivity contribution in [2.45, 2.75) is 33.7 Å². The largest absolute Gasteiger partial charge is 0.341 e. The van der Waals surface area contributed by atoms with Gasteiger partial charge in [0.05, 0.1) is 0 Å². The predicted molar refractivity (Wildman–Crippen MR) is 75.1 cm³/mol. The van der Waals surface area contributed by atoms with Crippen molar-refractivity contribution in [2.24, 2.45) is 11.1 Å². The zero-order valence-corrected chi connectivity index (χ0v) is 11.9. The lowest BCUT2D eigenvalue weighted by Crippen LogP contribution is -2.34. The third kappa shape index (κ3) is 4.15. The second kappa shape index (κ2) is 6.01. The number of amides is 1. The summed E-state index contributed by atoms with van der Waals surface area (Å²) in [5, 5.41) is 0. The molecule has 0 radical (unpaired) electrons. The van der Waals surface area contributed by atoms with E-state index in [2.05, 4.69) is 19.1 Å². The Balaban J connectivity index is 2.63. The van der Waals surface area contributed by atoms with Gasteiger partial charge < -0.3 is 10.6 Å². The number of hydrogen-bond donors (Lipinski definition) is 1. The minimum atomic E-state index is -0.128. The SMILES string of the molecule is Cc1ccccc1CN(C)C(=O)CC(C)(C)CN. The zero-order valence-electron chi connectivity index (χ0n) is 11.9. The Bertz CT molecular complexity index is 413. The predicted octanol–water partition coefficient (Wildman–Crippen LogP) is 2.33. The molecule has 1 aromatic rings. The van der Waals surface area contributed by atoms with E-state index in [4.69, 9.17) is 5.73 Å². The van der Waals surface area contributed by atoms with Gasteiger partial charge in [-0.2, -0.15) is 0 Å². The first-order chi connectivity index (χ1) is 8.35. The molecule has 0 fully saturated rings. The third-order valence-electron chi connectivity index (χ3n) is 3.28. The van der Waals surface area contributed by atoms with Gasteiger partial charge in [0.1, 0.15) is 0 Å². The molecule has 18 heavy (non-hydrogen) atoms. The van der Waals surface area contributed by atoms with E-state index in [0.717, 1.165) is 0 Å². The van der Waals surface area contributed by atoms with Crippen molar-refractivity contribution in [1.82, 2.24) is 4.90 Å². The molecule has 1 aromatic carbocycles. The number of nitrogens with zero attached hydrogens (tertiary/aromatic N) is 1. The quantitative estimate of drug-likeness (QED) is 0.869. The summed E-state index contributed by atoms with van der Waals surface area (Å²) in [7, 11) is 1.85. The molecule has 3 nitrogen and oxygen atoms in total. The molecule has 3 heteroatoms. The molecule has 0 atom stereocenters. The number of hydrogen-bond acceptors (Lipinski definition) is 2. The van der Waals surface area contributed by atoms with Gasteiger partial charge in [-0.3, -0.25) is 4.79 Å². The fourth-order valence-corrected chi connectivity index (χ4v) is 1.75. The van der Waals surface area contributed by atoms with Gasteiger partial charge >= 0.3 is 0 Å². The fraction of sp³-hybridized carbons (Fsp3) is 0.533. The smallest absolute Gasteiger partial charge is 0.223 e. The highest BCUT2D eigenvalue weighted by Gasteiger charge is 2.22. The Kier molecular flexibility index (Phi) is 4.91. The monoisotopic (exact) mass is 248 g/mol. The maximum atomic E-state index is 12.1. The molecular weight excluding hydrogens is 224 g/mol. The van der Waals surface area contributed by atoms with Crippen LogP contribution < -0.4 is 5.73 Å². The summed E-state index contributed by atoms with van der Waals surface area (Å²) < 4.78 is 0. The molecule has 0 unspecified atom stereocenters. The number of aryl methyl sites for hydroxylation is 1. The topological polar surface area (TPSA) is 46.3 Å². The molecule has 0 saturated heterocycles. The van der Waals surface area contributed by atoms with Crippen LogP contribution in [0.4, 0.5) is 0 Å². The summed E-state index contributed by atoms with van der Waals surface area (Å²) in [6, 6.07) is 8.15. The Morgan fingerprint density at radius 3 is 2.50 bits per heavy atom. The summed E-state index contributed by atoms with van der Waals surface area (Å²) in [5.41, 5.74) is 7.94. The second-order valence-corrected chi connectivity index (χ2v) is 5.72. The molecule has 0 aliphatic heterocycles. The Hall–Kier alpha value is -1.35. The summed E-state index contributed by atoms with van der Waals surface area (Å²) in [5.74, 6) is 0.147. The number of rotatable bonds is 5. The van der Waals surface area contributed by atoms with E-state index >= 15 is 0 Å². The van der Waals surface area contributed by atoms with Gasteiger partial charge in [0.2, 0.25) is 5.91 Å². The van der Waals surface area contributed by atoms with Crippen LogP contribution in [0.2, 0.25) is 0 Å². The first kappa shape index (κ1) is 14.7. The molecule has 0 aliphatic rings. The van der Waals surface area contributed by atoms with Crippen LogP contribution in [0, 0.1) is 12.3 Å². The summed E-state index contributed by atoms with van der Waals surface area (Å²) in [6.07, 6.45) is 0.492. The third-order valence-corrected chi connectivity index (χ3v) is 3.28. The minimum Gasteiger partial charge on any atom is -0.341 e. The number of benzene rings is 1. The minimum absolute atomic E-state index is 0.128. The van der Waals surface area contributed by atoms with Crippen LogP contribution in [0.3, 0.4) is 0 Å². The van der Waals surface area contributed by atoms with Crippen LogP contribution >= 0.6 is 0 Å². The molecule has 0 aliphatic carbocycles. The first-order valence-electron chi connectivity index (χ1n) is 6.34. The average molecular weight is 248 g/mol. The lowest BCUT2D eigenvalue weighted by atomic mass is 9.89. The lowest BCUT2D eigenvalue weighted by Gasteiger charge is -2.26. The fourth-order valence-electron chi connectivity index (χ4n) is 1.75. The second-order valence-electron chi connectivity index (χ2n) is 5.72. The van der Waals surface area contributed by atoms with Crippen molar-refractivity contribution < 1.29 is 4.79 Å². The summed E-state index contributed by atoms with van der Waals surface area (Å²) >= 11 is 0. The number of nitrogens with two attached hydrogens (primary N) is 1. The van der Waals surface area contributed by atoms with E-state index < -0.39 is 0 Å². The zero-order chi connectivity index (χ0) is 13.8.